The largest absolute Gasteiger partial charge is 0.467 e. The van der Waals surface area contributed by atoms with Crippen molar-refractivity contribution in [3.63, 3.8) is 0 Å². The molecule has 1 aliphatic rings. The molecule has 32 heavy (non-hydrogen) atoms. The van der Waals surface area contributed by atoms with Gasteiger partial charge in [-0.15, -0.1) is 0 Å². The molecule has 0 saturated heterocycles. The van der Waals surface area contributed by atoms with Crippen LogP contribution in [0.2, 0.25) is 0 Å². The second-order valence-corrected chi connectivity index (χ2v) is 9.04. The van der Waals surface area contributed by atoms with Crippen LogP contribution in [0, 0.1) is 17.0 Å². The van der Waals surface area contributed by atoms with Crippen LogP contribution in [-0.4, -0.2) is 43.5 Å². The van der Waals surface area contributed by atoms with Crippen molar-refractivity contribution in [3.8, 4) is 5.75 Å². The highest BCUT2D eigenvalue weighted by Crippen LogP contribution is 2.33. The number of benzene rings is 2. The molecule has 2 aromatic rings. The molecule has 3 rings (SSSR count). The predicted octanol–water partition coefficient (Wildman–Crippen LogP) is 3.16. The van der Waals surface area contributed by atoms with Gasteiger partial charge < -0.3 is 14.2 Å². The maximum atomic E-state index is 12.8. The highest BCUT2D eigenvalue weighted by Gasteiger charge is 2.25. The zero-order chi connectivity index (χ0) is 23.5. The van der Waals surface area contributed by atoms with Crippen molar-refractivity contribution < 1.29 is 32.3 Å². The third kappa shape index (κ3) is 4.74. The van der Waals surface area contributed by atoms with Gasteiger partial charge in [0.1, 0.15) is 12.4 Å². The van der Waals surface area contributed by atoms with Gasteiger partial charge in [-0.25, -0.2) is 13.2 Å². The number of rotatable bonds is 8. The molecule has 172 valence electrons. The van der Waals surface area contributed by atoms with Gasteiger partial charge in [0.2, 0.25) is 10.0 Å². The van der Waals surface area contributed by atoms with Gasteiger partial charge in [-0.2, -0.15) is 4.31 Å². The van der Waals surface area contributed by atoms with Crippen LogP contribution in [0.4, 0.5) is 5.69 Å². The fourth-order valence-corrected chi connectivity index (χ4v) is 4.89. The van der Waals surface area contributed by atoms with Gasteiger partial charge in [-0.1, -0.05) is 19.9 Å². The minimum absolute atomic E-state index is 0.00744. The minimum Gasteiger partial charge on any atom is -0.467 e. The third-order valence-electron chi connectivity index (χ3n) is 5.11. The molecule has 11 heteroatoms. The lowest BCUT2D eigenvalue weighted by atomic mass is 10.1. The number of sulfonamides is 1. The summed E-state index contributed by atoms with van der Waals surface area (Å²) < 4.78 is 42.9. The Hall–Kier alpha value is -3.02. The van der Waals surface area contributed by atoms with E-state index >= 15 is 0 Å². The molecule has 0 amide bonds. The Bertz CT molecular complexity index is 1140. The first-order valence-corrected chi connectivity index (χ1v) is 11.4. The quantitative estimate of drug-likeness (QED) is 0.331. The zero-order valence-corrected chi connectivity index (χ0v) is 18.8. The summed E-state index contributed by atoms with van der Waals surface area (Å²) in [7, 11) is -3.75. The molecule has 10 nitrogen and oxygen atoms in total. The summed E-state index contributed by atoms with van der Waals surface area (Å²) in [5.41, 5.74) is 1.28. The van der Waals surface area contributed by atoms with E-state index in [1.807, 2.05) is 0 Å². The molecule has 2 aromatic carbocycles. The maximum Gasteiger partial charge on any atom is 0.338 e. The Morgan fingerprint density at radius 3 is 2.59 bits per heavy atom. The Balaban J connectivity index is 1.87. The molecule has 0 saturated carbocycles. The van der Waals surface area contributed by atoms with Crippen molar-refractivity contribution in [1.29, 1.82) is 0 Å². The number of fused-ring (bicyclic) bond motifs is 1. The van der Waals surface area contributed by atoms with Crippen LogP contribution in [-0.2, 0) is 32.7 Å². The molecule has 0 N–H and O–H groups in total. The standard InChI is InChI=1S/C21H24N2O8S/c1-4-22(5-2)32(27,28)18-7-6-14(3)19(10-18)21(24)30-12-16-9-17(23(25)26)8-15-11-29-13-31-20(15)16/h6-10H,4-5,11-13H2,1-3H3. The summed E-state index contributed by atoms with van der Waals surface area (Å²) in [6.45, 7) is 5.57. The van der Waals surface area contributed by atoms with Crippen molar-refractivity contribution in [1.82, 2.24) is 4.31 Å². The van der Waals surface area contributed by atoms with Gasteiger partial charge in [0.05, 0.1) is 22.0 Å². The van der Waals surface area contributed by atoms with E-state index in [4.69, 9.17) is 14.2 Å². The molecule has 0 fully saturated rings. The number of carbonyl (C=O) groups excluding carboxylic acids is 1. The highest BCUT2D eigenvalue weighted by atomic mass is 32.2. The molecule has 1 aliphatic heterocycles. The van der Waals surface area contributed by atoms with E-state index in [1.165, 1.54) is 28.6 Å². The average molecular weight is 464 g/mol. The van der Waals surface area contributed by atoms with Crippen LogP contribution in [0.15, 0.2) is 35.2 Å². The number of hydrogen-bond acceptors (Lipinski definition) is 8. The highest BCUT2D eigenvalue weighted by molar-refractivity contribution is 7.89. The number of esters is 1. The van der Waals surface area contributed by atoms with Crippen molar-refractivity contribution >= 4 is 21.7 Å². The monoisotopic (exact) mass is 464 g/mol. The summed E-state index contributed by atoms with van der Waals surface area (Å²) in [5.74, 6) is -0.365. The predicted molar refractivity (Wildman–Crippen MR) is 114 cm³/mol. The number of nitrogens with zero attached hydrogens (tertiary/aromatic N) is 2. The van der Waals surface area contributed by atoms with Crippen molar-refractivity contribution in [2.24, 2.45) is 0 Å². The summed E-state index contributed by atoms with van der Waals surface area (Å²) in [6, 6.07) is 6.92. The van der Waals surface area contributed by atoms with Crippen LogP contribution >= 0.6 is 0 Å². The normalized spacial score (nSPS) is 13.4. The van der Waals surface area contributed by atoms with Crippen LogP contribution in [0.3, 0.4) is 0 Å². The number of hydrogen-bond donors (Lipinski definition) is 0. The Kier molecular flexibility index (Phi) is 7.12. The smallest absolute Gasteiger partial charge is 0.338 e. The Morgan fingerprint density at radius 1 is 1.22 bits per heavy atom. The fourth-order valence-electron chi connectivity index (χ4n) is 3.41. The lowest BCUT2D eigenvalue weighted by molar-refractivity contribution is -0.385. The van der Waals surface area contributed by atoms with E-state index in [0.717, 1.165) is 0 Å². The van der Waals surface area contributed by atoms with E-state index in [2.05, 4.69) is 0 Å². The van der Waals surface area contributed by atoms with Gasteiger partial charge >= 0.3 is 5.97 Å². The fraction of sp³-hybridized carbons (Fsp3) is 0.381. The molecule has 0 radical (unpaired) electrons. The lowest BCUT2D eigenvalue weighted by Crippen LogP contribution is -2.30. The van der Waals surface area contributed by atoms with Crippen LogP contribution in [0.1, 0.15) is 40.9 Å². The van der Waals surface area contributed by atoms with Crippen LogP contribution < -0.4 is 4.74 Å². The Labute approximate surface area is 185 Å². The van der Waals surface area contributed by atoms with E-state index in [0.29, 0.717) is 35.5 Å². The van der Waals surface area contributed by atoms with Gasteiger partial charge in [0, 0.05) is 36.3 Å². The van der Waals surface area contributed by atoms with Gasteiger partial charge in [-0.3, -0.25) is 10.1 Å². The topological polar surface area (TPSA) is 125 Å². The first kappa shape index (κ1) is 23.6. The summed E-state index contributed by atoms with van der Waals surface area (Å²) in [6.07, 6.45) is 0. The summed E-state index contributed by atoms with van der Waals surface area (Å²) in [4.78, 5) is 23.5. The molecule has 0 aliphatic carbocycles. The number of aryl methyl sites for hydroxylation is 1. The summed E-state index contributed by atoms with van der Waals surface area (Å²) >= 11 is 0. The average Bonchev–Trinajstić information content (AvgIpc) is 2.77. The van der Waals surface area contributed by atoms with Crippen molar-refractivity contribution in [2.75, 3.05) is 19.9 Å². The molecule has 0 atom stereocenters. The van der Waals surface area contributed by atoms with E-state index in [1.54, 1.807) is 26.8 Å². The number of carbonyl (C=O) groups is 1. The lowest BCUT2D eigenvalue weighted by Gasteiger charge is -2.21. The minimum atomic E-state index is -3.75. The molecular formula is C21H24N2O8S. The van der Waals surface area contributed by atoms with E-state index in [9.17, 15) is 23.3 Å². The third-order valence-corrected chi connectivity index (χ3v) is 7.16. The van der Waals surface area contributed by atoms with Crippen molar-refractivity contribution in [2.45, 2.75) is 38.9 Å². The molecule has 0 bridgehead atoms. The maximum absolute atomic E-state index is 12.8. The zero-order valence-electron chi connectivity index (χ0n) is 18.0. The first-order chi connectivity index (χ1) is 15.2. The Morgan fingerprint density at radius 2 is 1.94 bits per heavy atom. The molecule has 0 spiro atoms. The molecule has 1 heterocycles. The molecule has 0 aromatic heterocycles. The number of nitro groups is 1. The number of non-ortho nitro benzene ring substituents is 1. The number of ether oxygens (including phenoxy) is 3. The first-order valence-electron chi connectivity index (χ1n) is 9.97. The van der Waals surface area contributed by atoms with Crippen molar-refractivity contribution in [3.05, 3.63) is 62.7 Å². The van der Waals surface area contributed by atoms with Gasteiger partial charge in [0.15, 0.2) is 6.79 Å². The van der Waals surface area contributed by atoms with E-state index < -0.39 is 20.9 Å². The molecule has 0 unspecified atom stereocenters. The van der Waals surface area contributed by atoms with Crippen LogP contribution in [0.25, 0.3) is 0 Å². The van der Waals surface area contributed by atoms with Gasteiger partial charge in [0.25, 0.3) is 5.69 Å². The van der Waals surface area contributed by atoms with E-state index in [-0.39, 0.29) is 36.2 Å². The summed E-state index contributed by atoms with van der Waals surface area (Å²) in [5, 5.41) is 11.2. The number of nitro benzene ring substituents is 1. The second kappa shape index (κ2) is 9.63. The van der Waals surface area contributed by atoms with Crippen LogP contribution in [0.5, 0.6) is 5.75 Å². The second-order valence-electron chi connectivity index (χ2n) is 7.10. The molecular weight excluding hydrogens is 440 g/mol. The SMILES string of the molecule is CCN(CC)S(=O)(=O)c1ccc(C)c(C(=O)OCc2cc([N+](=O)[O-])cc3c2OCOC3)c1. The van der Waals surface area contributed by atoms with Gasteiger partial charge in [-0.05, 0) is 24.6 Å².